The largest absolute Gasteiger partial charge is 0.385 e. The predicted octanol–water partition coefficient (Wildman–Crippen LogP) is 3.85. The third-order valence-corrected chi connectivity index (χ3v) is 4.91. The molecule has 0 amide bonds. The first-order chi connectivity index (χ1) is 12.1. The van der Waals surface area contributed by atoms with Crippen LogP contribution in [0.4, 0.5) is 0 Å². The van der Waals surface area contributed by atoms with Crippen LogP contribution in [0.15, 0.2) is 60.7 Å². The molecule has 0 aromatic heterocycles. The fraction of sp³-hybridized carbons (Fsp3) is 0.318. The van der Waals surface area contributed by atoms with Crippen LogP contribution >= 0.6 is 0 Å². The average molecular weight is 336 g/mol. The summed E-state index contributed by atoms with van der Waals surface area (Å²) in [5.41, 5.74) is 1.13. The number of carbonyl (C=O) groups excluding carboxylic acids is 1. The molecular formula is C22H24O3. The summed E-state index contributed by atoms with van der Waals surface area (Å²) < 4.78 is 0. The quantitative estimate of drug-likeness (QED) is 0.816. The minimum atomic E-state index is -1.79. The Morgan fingerprint density at radius 2 is 1.76 bits per heavy atom. The van der Waals surface area contributed by atoms with Gasteiger partial charge in [0.15, 0.2) is 11.4 Å². The van der Waals surface area contributed by atoms with E-state index in [0.717, 1.165) is 24.0 Å². The van der Waals surface area contributed by atoms with Gasteiger partial charge in [0.2, 0.25) is 0 Å². The van der Waals surface area contributed by atoms with Gasteiger partial charge in [-0.3, -0.25) is 4.79 Å². The van der Waals surface area contributed by atoms with E-state index < -0.39 is 11.7 Å². The number of Topliss-reactive ketones (excluding diaryl/α,β-unsaturated/α-hetero) is 1. The predicted molar refractivity (Wildman–Crippen MR) is 99.0 cm³/mol. The van der Waals surface area contributed by atoms with Gasteiger partial charge in [0.1, 0.15) is 6.10 Å². The number of ketones is 1. The zero-order valence-electron chi connectivity index (χ0n) is 14.5. The number of benzene rings is 2. The molecule has 25 heavy (non-hydrogen) atoms. The van der Waals surface area contributed by atoms with Crippen molar-refractivity contribution in [3.63, 3.8) is 0 Å². The van der Waals surface area contributed by atoms with Crippen LogP contribution in [-0.2, 0) is 11.2 Å². The molecule has 2 aromatic carbocycles. The van der Waals surface area contributed by atoms with Crippen LogP contribution in [0.1, 0.15) is 49.0 Å². The van der Waals surface area contributed by atoms with Gasteiger partial charge in [-0.25, -0.2) is 0 Å². The third kappa shape index (κ3) is 3.30. The zero-order valence-corrected chi connectivity index (χ0v) is 14.5. The van der Waals surface area contributed by atoms with Crippen molar-refractivity contribution in [1.82, 2.24) is 0 Å². The van der Waals surface area contributed by atoms with E-state index in [2.05, 4.69) is 0 Å². The number of rotatable bonds is 5. The number of carbonyl (C=O) groups is 1. The third-order valence-electron chi connectivity index (χ3n) is 4.91. The fourth-order valence-corrected chi connectivity index (χ4v) is 3.44. The Hall–Kier alpha value is -2.23. The lowest BCUT2D eigenvalue weighted by molar-refractivity contribution is -0.147. The minimum Gasteiger partial charge on any atom is -0.385 e. The molecule has 2 atom stereocenters. The van der Waals surface area contributed by atoms with E-state index in [1.165, 1.54) is 0 Å². The van der Waals surface area contributed by atoms with Crippen molar-refractivity contribution < 1.29 is 15.0 Å². The van der Waals surface area contributed by atoms with Crippen LogP contribution in [0.25, 0.3) is 5.57 Å². The molecule has 0 radical (unpaired) electrons. The number of hydrogen-bond donors (Lipinski definition) is 2. The molecule has 3 nitrogen and oxygen atoms in total. The van der Waals surface area contributed by atoms with Gasteiger partial charge in [0.05, 0.1) is 0 Å². The molecule has 3 rings (SSSR count). The first-order valence-corrected chi connectivity index (χ1v) is 8.86. The molecule has 3 heteroatoms. The molecule has 0 aliphatic heterocycles. The fourth-order valence-electron chi connectivity index (χ4n) is 3.44. The smallest absolute Gasteiger partial charge is 0.197 e. The van der Waals surface area contributed by atoms with Gasteiger partial charge in [-0.2, -0.15) is 0 Å². The standard InChI is InChI=1S/C22H24O3/c1-2-3-11-18-17-12-7-8-13-19(17)21(24)22(25,20(18)23)15-14-16-9-5-4-6-10-16/h4-13,21,24-25H,2-3,14-15H2,1H3/b18-11+/t21-,22+/m1/s1. The molecule has 0 unspecified atom stereocenters. The van der Waals surface area contributed by atoms with Crippen LogP contribution in [0.5, 0.6) is 0 Å². The number of aliphatic hydroxyl groups excluding tert-OH is 1. The monoisotopic (exact) mass is 336 g/mol. The number of unbranched alkanes of at least 4 members (excludes halogenated alkanes) is 1. The number of fused-ring (bicyclic) bond motifs is 1. The molecule has 1 aliphatic carbocycles. The second kappa shape index (κ2) is 7.34. The molecule has 130 valence electrons. The Balaban J connectivity index is 1.97. The highest BCUT2D eigenvalue weighted by Gasteiger charge is 2.49. The summed E-state index contributed by atoms with van der Waals surface area (Å²) in [5.74, 6) is -0.372. The molecule has 0 heterocycles. The van der Waals surface area contributed by atoms with Gasteiger partial charge < -0.3 is 10.2 Å². The van der Waals surface area contributed by atoms with Crippen LogP contribution in [-0.4, -0.2) is 21.6 Å². The van der Waals surface area contributed by atoms with Crippen molar-refractivity contribution in [1.29, 1.82) is 0 Å². The van der Waals surface area contributed by atoms with E-state index in [0.29, 0.717) is 17.6 Å². The summed E-state index contributed by atoms with van der Waals surface area (Å²) in [6, 6.07) is 17.0. The van der Waals surface area contributed by atoms with Crippen molar-refractivity contribution in [2.75, 3.05) is 0 Å². The maximum absolute atomic E-state index is 13.1. The molecule has 0 saturated carbocycles. The average Bonchev–Trinajstić information content (AvgIpc) is 2.66. The highest BCUT2D eigenvalue weighted by molar-refractivity contribution is 6.26. The topological polar surface area (TPSA) is 57.5 Å². The number of aryl methyl sites for hydroxylation is 1. The Kier molecular flexibility index (Phi) is 5.16. The maximum Gasteiger partial charge on any atom is 0.197 e. The highest BCUT2D eigenvalue weighted by Crippen LogP contribution is 2.43. The Bertz CT molecular complexity index is 779. The molecule has 2 N–H and O–H groups in total. The maximum atomic E-state index is 13.1. The van der Waals surface area contributed by atoms with Crippen molar-refractivity contribution in [3.8, 4) is 0 Å². The van der Waals surface area contributed by atoms with Gasteiger partial charge in [-0.05, 0) is 36.0 Å². The van der Waals surface area contributed by atoms with E-state index in [1.807, 2.05) is 61.5 Å². The number of allylic oxidation sites excluding steroid dienone is 1. The SMILES string of the molecule is CCC/C=C1/C(=O)[C@@](O)(CCc2ccccc2)[C@H](O)c2ccccc21. The number of hydrogen-bond acceptors (Lipinski definition) is 3. The van der Waals surface area contributed by atoms with E-state index >= 15 is 0 Å². The number of aliphatic hydroxyl groups is 2. The Morgan fingerprint density at radius 3 is 2.48 bits per heavy atom. The minimum absolute atomic E-state index is 0.189. The highest BCUT2D eigenvalue weighted by atomic mass is 16.3. The van der Waals surface area contributed by atoms with Crippen molar-refractivity contribution in [2.45, 2.75) is 44.3 Å². The lowest BCUT2D eigenvalue weighted by atomic mass is 9.71. The molecule has 0 fully saturated rings. The summed E-state index contributed by atoms with van der Waals surface area (Å²) in [4.78, 5) is 13.1. The zero-order chi connectivity index (χ0) is 17.9. The summed E-state index contributed by atoms with van der Waals surface area (Å²) in [6.07, 6.45) is 3.09. The summed E-state index contributed by atoms with van der Waals surface area (Å²) in [7, 11) is 0. The van der Waals surface area contributed by atoms with Gasteiger partial charge in [0.25, 0.3) is 0 Å². The van der Waals surface area contributed by atoms with E-state index in [1.54, 1.807) is 6.07 Å². The van der Waals surface area contributed by atoms with Crippen LogP contribution in [0.3, 0.4) is 0 Å². The van der Waals surface area contributed by atoms with Crippen molar-refractivity contribution in [3.05, 3.63) is 77.4 Å². The Labute approximate surface area is 148 Å². The van der Waals surface area contributed by atoms with Crippen LogP contribution in [0, 0.1) is 0 Å². The molecule has 0 spiro atoms. The van der Waals surface area contributed by atoms with Gasteiger partial charge in [-0.1, -0.05) is 74.0 Å². The van der Waals surface area contributed by atoms with E-state index in [-0.39, 0.29) is 12.2 Å². The Morgan fingerprint density at radius 1 is 1.08 bits per heavy atom. The van der Waals surface area contributed by atoms with Crippen molar-refractivity contribution >= 4 is 11.4 Å². The van der Waals surface area contributed by atoms with E-state index in [9.17, 15) is 15.0 Å². The van der Waals surface area contributed by atoms with Gasteiger partial charge in [-0.15, -0.1) is 0 Å². The van der Waals surface area contributed by atoms with Crippen LogP contribution in [0.2, 0.25) is 0 Å². The van der Waals surface area contributed by atoms with Gasteiger partial charge >= 0.3 is 0 Å². The van der Waals surface area contributed by atoms with Crippen LogP contribution < -0.4 is 0 Å². The molecule has 0 saturated heterocycles. The first kappa shape index (κ1) is 17.6. The lowest BCUT2D eigenvalue weighted by Crippen LogP contribution is -2.48. The normalized spacial score (nSPS) is 24.4. The summed E-state index contributed by atoms with van der Waals surface area (Å²) in [5, 5.41) is 21.9. The first-order valence-electron chi connectivity index (χ1n) is 8.86. The second-order valence-electron chi connectivity index (χ2n) is 6.64. The second-order valence-corrected chi connectivity index (χ2v) is 6.64. The summed E-state index contributed by atoms with van der Waals surface area (Å²) in [6.45, 7) is 2.05. The molecule has 1 aliphatic rings. The van der Waals surface area contributed by atoms with Crippen molar-refractivity contribution in [2.24, 2.45) is 0 Å². The van der Waals surface area contributed by atoms with E-state index in [4.69, 9.17) is 0 Å². The molecular weight excluding hydrogens is 312 g/mol. The summed E-state index contributed by atoms with van der Waals surface area (Å²) >= 11 is 0. The molecule has 2 aromatic rings. The molecule has 0 bridgehead atoms. The lowest BCUT2D eigenvalue weighted by Gasteiger charge is -2.38. The van der Waals surface area contributed by atoms with Gasteiger partial charge in [0, 0.05) is 5.57 Å².